The van der Waals surface area contributed by atoms with Gasteiger partial charge in [-0.3, -0.25) is 19.2 Å². The van der Waals surface area contributed by atoms with E-state index >= 15 is 0 Å². The van der Waals surface area contributed by atoms with Crippen molar-refractivity contribution >= 4 is 23.1 Å². The highest BCUT2D eigenvalue weighted by Gasteiger charge is 2.27. The monoisotopic (exact) mass is 718 g/mol. The minimum atomic E-state index is -0.325. The number of Topliss-reactive ketones (excluding diaryl/α,β-unsaturated/α-hetero) is 4. The maximum absolute atomic E-state index is 13.9. The lowest BCUT2D eigenvalue weighted by molar-refractivity contribution is 0.0904. The van der Waals surface area contributed by atoms with Crippen molar-refractivity contribution in [1.82, 2.24) is 0 Å². The summed E-state index contributed by atoms with van der Waals surface area (Å²) in [5, 5.41) is 0. The molecule has 5 aromatic rings. The van der Waals surface area contributed by atoms with E-state index in [1.54, 1.807) is 30.3 Å². The van der Waals surface area contributed by atoms with Crippen LogP contribution in [0.3, 0.4) is 0 Å². The Labute approximate surface area is 322 Å². The van der Waals surface area contributed by atoms with Crippen LogP contribution in [0.5, 0.6) is 0 Å². The second-order valence-electron chi connectivity index (χ2n) is 15.0. The zero-order valence-electron chi connectivity index (χ0n) is 32.6. The van der Waals surface area contributed by atoms with Crippen LogP contribution in [0.15, 0.2) is 133 Å². The molecular weight excluding hydrogens is 665 g/mol. The minimum Gasteiger partial charge on any atom is -0.294 e. The molecule has 6 atom stereocenters. The van der Waals surface area contributed by atoms with Gasteiger partial charge in [0.15, 0.2) is 23.1 Å². The van der Waals surface area contributed by atoms with Gasteiger partial charge >= 0.3 is 0 Å². The lowest BCUT2D eigenvalue weighted by Gasteiger charge is -2.21. The Morgan fingerprint density at radius 3 is 1.48 bits per heavy atom. The van der Waals surface area contributed by atoms with Crippen molar-refractivity contribution in [3.05, 3.63) is 178 Å². The zero-order valence-corrected chi connectivity index (χ0v) is 32.6. The molecule has 4 nitrogen and oxygen atoms in total. The van der Waals surface area contributed by atoms with Gasteiger partial charge in [0, 0.05) is 46.4 Å². The van der Waals surface area contributed by atoms with Crippen LogP contribution < -0.4 is 0 Å². The number of hydrogen-bond acceptors (Lipinski definition) is 4. The van der Waals surface area contributed by atoms with Crippen molar-refractivity contribution in [2.24, 2.45) is 17.8 Å². The van der Waals surface area contributed by atoms with Gasteiger partial charge in [-0.15, -0.1) is 0 Å². The van der Waals surface area contributed by atoms with Crippen LogP contribution in [0.2, 0.25) is 0 Å². The standard InChI is InChI=1S/C50H54O4/c1-7-38(41-21-13-10-14-22-41)32-47(51)43-24-16-25-44(30-43)49(53)36(6)34(4)42-23-15-18-37(29-42)28-39(8-2)50(54)46-27-17-26-45(31-46)48(52)35(5)33(3)40-19-11-9-12-20-40/h9-27,29-31,33-36,38-39H,7-8,28,32H2,1-6H3. The highest BCUT2D eigenvalue weighted by molar-refractivity contribution is 6.04. The molecule has 0 N–H and O–H groups in total. The predicted octanol–water partition coefficient (Wildman–Crippen LogP) is 12.1. The molecule has 0 spiro atoms. The van der Waals surface area contributed by atoms with E-state index < -0.39 is 0 Å². The van der Waals surface area contributed by atoms with Crippen molar-refractivity contribution in [3.8, 4) is 0 Å². The second-order valence-corrected chi connectivity index (χ2v) is 15.0. The van der Waals surface area contributed by atoms with Crippen molar-refractivity contribution < 1.29 is 19.2 Å². The van der Waals surface area contributed by atoms with Gasteiger partial charge < -0.3 is 0 Å². The topological polar surface area (TPSA) is 68.3 Å². The Morgan fingerprint density at radius 2 is 0.926 bits per heavy atom. The normalized spacial score (nSPS) is 14.6. The Morgan fingerprint density at radius 1 is 0.463 bits per heavy atom. The third-order valence-corrected chi connectivity index (χ3v) is 11.6. The lowest BCUT2D eigenvalue weighted by Crippen LogP contribution is -2.20. The zero-order chi connectivity index (χ0) is 38.8. The Bertz CT molecular complexity index is 2050. The van der Waals surface area contributed by atoms with Gasteiger partial charge in [0.1, 0.15) is 0 Å². The van der Waals surface area contributed by atoms with Crippen LogP contribution in [-0.2, 0) is 6.42 Å². The summed E-state index contributed by atoms with van der Waals surface area (Å²) >= 11 is 0. The van der Waals surface area contributed by atoms with Crippen LogP contribution in [0.1, 0.15) is 142 Å². The van der Waals surface area contributed by atoms with Crippen molar-refractivity contribution in [3.63, 3.8) is 0 Å². The first-order chi connectivity index (χ1) is 26.0. The van der Waals surface area contributed by atoms with Crippen LogP contribution >= 0.6 is 0 Å². The first-order valence-electron chi connectivity index (χ1n) is 19.6. The smallest absolute Gasteiger partial charge is 0.166 e. The van der Waals surface area contributed by atoms with Gasteiger partial charge in [-0.25, -0.2) is 0 Å². The maximum atomic E-state index is 13.9. The third-order valence-electron chi connectivity index (χ3n) is 11.6. The van der Waals surface area contributed by atoms with E-state index in [0.717, 1.165) is 28.7 Å². The molecule has 0 aliphatic carbocycles. The molecule has 278 valence electrons. The average Bonchev–Trinajstić information content (AvgIpc) is 3.23. The fourth-order valence-corrected chi connectivity index (χ4v) is 7.50. The first-order valence-corrected chi connectivity index (χ1v) is 19.6. The van der Waals surface area contributed by atoms with Gasteiger partial charge in [0.05, 0.1) is 0 Å². The predicted molar refractivity (Wildman–Crippen MR) is 220 cm³/mol. The molecule has 0 aliphatic heterocycles. The van der Waals surface area contributed by atoms with E-state index in [0.29, 0.717) is 41.5 Å². The number of ketones is 4. The van der Waals surface area contributed by atoms with Crippen LogP contribution in [0.25, 0.3) is 0 Å². The summed E-state index contributed by atoms with van der Waals surface area (Å²) in [7, 11) is 0. The summed E-state index contributed by atoms with van der Waals surface area (Å²) in [6.07, 6.45) is 2.48. The molecule has 6 unspecified atom stereocenters. The molecule has 0 heterocycles. The summed E-state index contributed by atoms with van der Waals surface area (Å²) in [5.41, 5.74) is 6.57. The fraction of sp³-hybridized carbons (Fsp3) is 0.320. The van der Waals surface area contributed by atoms with E-state index in [1.165, 1.54) is 0 Å². The van der Waals surface area contributed by atoms with E-state index in [2.05, 4.69) is 39.0 Å². The molecule has 4 heteroatoms. The third kappa shape index (κ3) is 9.65. The van der Waals surface area contributed by atoms with Crippen molar-refractivity contribution in [2.45, 2.75) is 85.0 Å². The molecule has 5 rings (SSSR count). The van der Waals surface area contributed by atoms with Gasteiger partial charge in [0.2, 0.25) is 0 Å². The number of carbonyl (C=O) groups is 4. The fourth-order valence-electron chi connectivity index (χ4n) is 7.50. The molecule has 5 aromatic carbocycles. The molecule has 0 saturated heterocycles. The second kappa shape index (κ2) is 18.7. The van der Waals surface area contributed by atoms with Crippen molar-refractivity contribution in [1.29, 1.82) is 0 Å². The van der Waals surface area contributed by atoms with E-state index in [1.807, 2.05) is 106 Å². The average molecular weight is 719 g/mol. The summed E-state index contributed by atoms with van der Waals surface area (Å²) < 4.78 is 0. The number of rotatable bonds is 18. The van der Waals surface area contributed by atoms with Crippen LogP contribution in [0, 0.1) is 17.8 Å². The van der Waals surface area contributed by atoms with Crippen LogP contribution in [-0.4, -0.2) is 23.1 Å². The van der Waals surface area contributed by atoms with Gasteiger partial charge in [-0.2, -0.15) is 0 Å². The Balaban J connectivity index is 1.25. The SMILES string of the molecule is CCC(Cc1cccc(C(C)C(C)C(=O)c2cccc(C(=O)CC(CC)c3ccccc3)c2)c1)C(=O)c1cccc(C(=O)C(C)C(C)c2ccccc2)c1. The summed E-state index contributed by atoms with van der Waals surface area (Å²) in [4.78, 5) is 54.7. The first kappa shape index (κ1) is 40.0. The quantitative estimate of drug-likeness (QED) is 0.0846. The number of hydrogen-bond donors (Lipinski definition) is 0. The molecule has 0 aliphatic rings. The number of benzene rings is 5. The van der Waals surface area contributed by atoms with E-state index in [-0.39, 0.29) is 58.6 Å². The lowest BCUT2D eigenvalue weighted by atomic mass is 9.81. The summed E-state index contributed by atoms with van der Waals surface area (Å²) in [6.45, 7) is 12.2. The largest absolute Gasteiger partial charge is 0.294 e. The minimum absolute atomic E-state index is 0.00109. The summed E-state index contributed by atoms with van der Waals surface area (Å²) in [6, 6.07) is 42.7. The summed E-state index contributed by atoms with van der Waals surface area (Å²) in [5.74, 6) is -0.615. The van der Waals surface area contributed by atoms with Crippen molar-refractivity contribution in [2.75, 3.05) is 0 Å². The Kier molecular flexibility index (Phi) is 13.8. The van der Waals surface area contributed by atoms with Gasteiger partial charge in [-0.05, 0) is 71.4 Å². The van der Waals surface area contributed by atoms with Crippen LogP contribution in [0.4, 0.5) is 0 Å². The molecule has 0 saturated carbocycles. The highest BCUT2D eigenvalue weighted by atomic mass is 16.1. The molecular formula is C50H54O4. The highest BCUT2D eigenvalue weighted by Crippen LogP contribution is 2.31. The molecule has 0 radical (unpaired) electrons. The Hall–Kier alpha value is -5.22. The molecule has 0 aromatic heterocycles. The molecule has 0 fully saturated rings. The number of carbonyl (C=O) groups excluding carboxylic acids is 4. The molecule has 54 heavy (non-hydrogen) atoms. The van der Waals surface area contributed by atoms with E-state index in [9.17, 15) is 19.2 Å². The molecule has 0 bridgehead atoms. The van der Waals surface area contributed by atoms with E-state index in [4.69, 9.17) is 0 Å². The van der Waals surface area contributed by atoms with Gasteiger partial charge in [-0.1, -0.05) is 163 Å². The molecule has 0 amide bonds. The maximum Gasteiger partial charge on any atom is 0.166 e. The van der Waals surface area contributed by atoms with Gasteiger partial charge in [0.25, 0.3) is 0 Å².